The maximum absolute atomic E-state index is 13.1. The zero-order chi connectivity index (χ0) is 21.1. The lowest BCUT2D eigenvalue weighted by Gasteiger charge is -2.35. The van der Waals surface area contributed by atoms with Crippen LogP contribution in [-0.4, -0.2) is 65.1 Å². The number of hydrogen-bond acceptors (Lipinski definition) is 8. The number of nitrogens with one attached hydrogen (secondary N) is 1. The van der Waals surface area contributed by atoms with Gasteiger partial charge in [0.15, 0.2) is 16.7 Å². The number of amides is 1. The molecule has 0 unspecified atom stereocenters. The molecule has 0 aromatic carbocycles. The third kappa shape index (κ3) is 4.97. The molecule has 1 amide bonds. The van der Waals surface area contributed by atoms with Crippen LogP contribution < -0.4 is 5.32 Å². The van der Waals surface area contributed by atoms with E-state index in [1.54, 1.807) is 18.4 Å². The van der Waals surface area contributed by atoms with E-state index in [9.17, 15) is 14.7 Å². The minimum absolute atomic E-state index is 0.0287. The van der Waals surface area contributed by atoms with Gasteiger partial charge in [0.05, 0.1) is 18.4 Å². The molecule has 2 aliphatic heterocycles. The summed E-state index contributed by atoms with van der Waals surface area (Å²) in [6.45, 7) is 4.56. The standard InChI is InChI=1S/C21H27N3O5S/c1-21(27)6-8-24(9-7-21)13-16(25)22-20-23-17(15-3-2-10-29-15)19(30-20)18(26)14-4-11-28-12-5-14/h2-3,10,14,27H,4-9,11-13H2,1H3,(H,22,23,25). The first-order valence-corrected chi connectivity index (χ1v) is 11.1. The third-order valence-electron chi connectivity index (χ3n) is 5.74. The maximum atomic E-state index is 13.1. The quantitative estimate of drug-likeness (QED) is 0.675. The number of carbonyl (C=O) groups excluding carboxylic acids is 2. The number of anilines is 1. The minimum atomic E-state index is -0.653. The number of furan rings is 1. The Balaban J connectivity index is 1.47. The summed E-state index contributed by atoms with van der Waals surface area (Å²) < 4.78 is 10.9. The van der Waals surface area contributed by atoms with Crippen LogP contribution in [0.25, 0.3) is 11.5 Å². The Labute approximate surface area is 179 Å². The number of ether oxygens (including phenoxy) is 1. The van der Waals surface area contributed by atoms with Crippen molar-refractivity contribution in [2.24, 2.45) is 5.92 Å². The number of rotatable bonds is 6. The number of aromatic nitrogens is 1. The largest absolute Gasteiger partial charge is 0.463 e. The van der Waals surface area contributed by atoms with Crippen LogP contribution in [0.15, 0.2) is 22.8 Å². The van der Waals surface area contributed by atoms with Gasteiger partial charge in [0.25, 0.3) is 0 Å². The zero-order valence-electron chi connectivity index (χ0n) is 17.1. The van der Waals surface area contributed by atoms with Crippen molar-refractivity contribution >= 4 is 28.2 Å². The normalized spacial score (nSPS) is 20.2. The van der Waals surface area contributed by atoms with Crippen LogP contribution in [0.1, 0.15) is 42.3 Å². The number of ketones is 1. The van der Waals surface area contributed by atoms with Crippen molar-refractivity contribution in [2.45, 2.75) is 38.2 Å². The van der Waals surface area contributed by atoms with E-state index in [-0.39, 0.29) is 24.2 Å². The van der Waals surface area contributed by atoms with Gasteiger partial charge in [0, 0.05) is 32.2 Å². The molecule has 9 heteroatoms. The Kier molecular flexibility index (Phi) is 6.33. The molecule has 2 saturated heterocycles. The number of likely N-dealkylation sites (tertiary alicyclic amines) is 1. The number of carbonyl (C=O) groups is 2. The fourth-order valence-corrected chi connectivity index (χ4v) is 4.83. The molecule has 0 bridgehead atoms. The van der Waals surface area contributed by atoms with Gasteiger partial charge in [-0.2, -0.15) is 0 Å². The number of piperidine rings is 1. The van der Waals surface area contributed by atoms with Crippen molar-refractivity contribution in [3.63, 3.8) is 0 Å². The highest BCUT2D eigenvalue weighted by Crippen LogP contribution is 2.35. The molecule has 0 radical (unpaired) electrons. The second-order valence-corrected chi connectivity index (χ2v) is 9.25. The van der Waals surface area contributed by atoms with Crippen LogP contribution in [-0.2, 0) is 9.53 Å². The number of Topliss-reactive ketones (excluding diaryl/α,β-unsaturated/α-hetero) is 1. The van der Waals surface area contributed by atoms with Gasteiger partial charge in [0.2, 0.25) is 5.91 Å². The molecule has 2 fully saturated rings. The van der Waals surface area contributed by atoms with E-state index in [4.69, 9.17) is 9.15 Å². The van der Waals surface area contributed by atoms with Gasteiger partial charge in [-0.3, -0.25) is 14.5 Å². The first-order chi connectivity index (χ1) is 14.4. The molecule has 8 nitrogen and oxygen atoms in total. The van der Waals surface area contributed by atoms with Crippen LogP contribution in [0.2, 0.25) is 0 Å². The van der Waals surface area contributed by atoms with Gasteiger partial charge in [-0.15, -0.1) is 0 Å². The summed E-state index contributed by atoms with van der Waals surface area (Å²) in [7, 11) is 0. The van der Waals surface area contributed by atoms with Gasteiger partial charge in [-0.25, -0.2) is 4.98 Å². The van der Waals surface area contributed by atoms with Gasteiger partial charge >= 0.3 is 0 Å². The van der Waals surface area contributed by atoms with E-state index < -0.39 is 5.60 Å². The SMILES string of the molecule is CC1(O)CCN(CC(=O)Nc2nc(-c3ccco3)c(C(=O)C3CCOCC3)s2)CC1. The van der Waals surface area contributed by atoms with Crippen LogP contribution in [0, 0.1) is 5.92 Å². The molecular weight excluding hydrogens is 406 g/mol. The number of thiazole rings is 1. The zero-order valence-corrected chi connectivity index (χ0v) is 17.9. The van der Waals surface area contributed by atoms with Crippen LogP contribution in [0.4, 0.5) is 5.13 Å². The van der Waals surface area contributed by atoms with Crippen LogP contribution in [0.5, 0.6) is 0 Å². The fourth-order valence-electron chi connectivity index (χ4n) is 3.82. The lowest BCUT2D eigenvalue weighted by atomic mass is 9.94. The Morgan fingerprint density at radius 2 is 2.07 bits per heavy atom. The van der Waals surface area contributed by atoms with Crippen LogP contribution >= 0.6 is 11.3 Å². The molecule has 162 valence electrons. The van der Waals surface area contributed by atoms with Gasteiger partial charge in [0.1, 0.15) is 10.6 Å². The molecule has 4 rings (SSSR count). The Hall–Kier alpha value is -2.07. The predicted octanol–water partition coefficient (Wildman–Crippen LogP) is 2.80. The lowest BCUT2D eigenvalue weighted by molar-refractivity contribution is -0.118. The van der Waals surface area contributed by atoms with Gasteiger partial charge < -0.3 is 19.6 Å². The monoisotopic (exact) mass is 433 g/mol. The molecule has 4 heterocycles. The molecule has 2 aromatic rings. The maximum Gasteiger partial charge on any atom is 0.240 e. The first-order valence-electron chi connectivity index (χ1n) is 10.3. The van der Waals surface area contributed by atoms with Crippen molar-refractivity contribution < 1.29 is 23.8 Å². The smallest absolute Gasteiger partial charge is 0.240 e. The van der Waals surface area contributed by atoms with E-state index in [1.165, 1.54) is 11.3 Å². The van der Waals surface area contributed by atoms with Crippen molar-refractivity contribution in [3.05, 3.63) is 23.3 Å². The minimum Gasteiger partial charge on any atom is -0.463 e. The summed E-state index contributed by atoms with van der Waals surface area (Å²) >= 11 is 1.20. The van der Waals surface area contributed by atoms with Crippen molar-refractivity contribution in [3.8, 4) is 11.5 Å². The van der Waals surface area contributed by atoms with Crippen LogP contribution in [0.3, 0.4) is 0 Å². The second kappa shape index (κ2) is 8.97. The molecule has 0 spiro atoms. The molecule has 30 heavy (non-hydrogen) atoms. The highest BCUT2D eigenvalue weighted by Gasteiger charge is 2.30. The molecule has 2 aliphatic rings. The molecule has 2 N–H and O–H groups in total. The number of aliphatic hydroxyl groups is 1. The molecular formula is C21H27N3O5S. The summed E-state index contributed by atoms with van der Waals surface area (Å²) in [6.07, 6.45) is 4.21. The molecule has 0 aliphatic carbocycles. The highest BCUT2D eigenvalue weighted by atomic mass is 32.1. The topological polar surface area (TPSA) is 105 Å². The van der Waals surface area contributed by atoms with E-state index in [0.29, 0.717) is 73.4 Å². The van der Waals surface area contributed by atoms with E-state index in [0.717, 1.165) is 0 Å². The fraction of sp³-hybridized carbons (Fsp3) is 0.571. The molecule has 0 atom stereocenters. The van der Waals surface area contributed by atoms with Crippen molar-refractivity contribution in [2.75, 3.05) is 38.2 Å². The average molecular weight is 434 g/mol. The summed E-state index contributed by atoms with van der Waals surface area (Å²) in [4.78, 5) is 32.7. The number of hydrogen-bond donors (Lipinski definition) is 2. The first kappa shape index (κ1) is 21.2. The summed E-state index contributed by atoms with van der Waals surface area (Å²) in [5, 5.41) is 13.3. The third-order valence-corrected chi connectivity index (χ3v) is 6.73. The highest BCUT2D eigenvalue weighted by molar-refractivity contribution is 7.18. The summed E-state index contributed by atoms with van der Waals surface area (Å²) in [6, 6.07) is 3.52. The van der Waals surface area contributed by atoms with Crippen molar-refractivity contribution in [1.82, 2.24) is 9.88 Å². The number of nitrogens with zero attached hydrogens (tertiary/aromatic N) is 2. The lowest BCUT2D eigenvalue weighted by Crippen LogP contribution is -2.45. The van der Waals surface area contributed by atoms with Crippen molar-refractivity contribution in [1.29, 1.82) is 0 Å². The Morgan fingerprint density at radius 3 is 2.73 bits per heavy atom. The Morgan fingerprint density at radius 1 is 1.33 bits per heavy atom. The predicted molar refractivity (Wildman–Crippen MR) is 113 cm³/mol. The van der Waals surface area contributed by atoms with E-state index >= 15 is 0 Å². The second-order valence-electron chi connectivity index (χ2n) is 8.25. The average Bonchev–Trinajstić information content (AvgIpc) is 3.39. The Bertz CT molecular complexity index is 877. The summed E-state index contributed by atoms with van der Waals surface area (Å²) in [5.74, 6) is 0.264. The molecule has 0 saturated carbocycles. The summed E-state index contributed by atoms with van der Waals surface area (Å²) in [5.41, 5.74) is -0.176. The van der Waals surface area contributed by atoms with Gasteiger partial charge in [-0.05, 0) is 44.7 Å². The van der Waals surface area contributed by atoms with E-state index in [1.807, 2.05) is 11.8 Å². The van der Waals surface area contributed by atoms with E-state index in [2.05, 4.69) is 10.3 Å². The van der Waals surface area contributed by atoms with Gasteiger partial charge in [-0.1, -0.05) is 11.3 Å². The molecule has 2 aromatic heterocycles.